The molecule has 0 fully saturated rings. The molecular formula is C12H30N2O3Si. The zero-order chi connectivity index (χ0) is 14.0. The molecule has 2 unspecified atom stereocenters. The molecule has 0 aliphatic rings. The molecule has 2 atom stereocenters. The van der Waals surface area contributed by atoms with Crippen molar-refractivity contribution in [1.82, 2.24) is 5.32 Å². The van der Waals surface area contributed by atoms with Gasteiger partial charge in [0.2, 0.25) is 0 Å². The highest BCUT2D eigenvalue weighted by Crippen LogP contribution is 2.21. The van der Waals surface area contributed by atoms with Crippen molar-refractivity contribution in [1.29, 1.82) is 0 Å². The van der Waals surface area contributed by atoms with Gasteiger partial charge in [0.15, 0.2) is 0 Å². The van der Waals surface area contributed by atoms with Crippen LogP contribution in [0.1, 0.15) is 34.6 Å². The zero-order valence-corrected chi connectivity index (χ0v) is 13.5. The van der Waals surface area contributed by atoms with Crippen molar-refractivity contribution in [3.63, 3.8) is 0 Å². The highest BCUT2D eigenvalue weighted by Gasteiger charge is 2.51. The van der Waals surface area contributed by atoms with Crippen molar-refractivity contribution >= 4 is 8.80 Å². The predicted octanol–water partition coefficient (Wildman–Crippen LogP) is 1.15. The molecule has 0 aromatic carbocycles. The van der Waals surface area contributed by atoms with E-state index in [0.717, 1.165) is 6.54 Å². The first-order chi connectivity index (χ1) is 8.61. The lowest BCUT2D eigenvalue weighted by Crippen LogP contribution is -2.65. The summed E-state index contributed by atoms with van der Waals surface area (Å²) >= 11 is 0. The minimum Gasteiger partial charge on any atom is -0.373 e. The Labute approximate surface area is 113 Å². The van der Waals surface area contributed by atoms with E-state index >= 15 is 0 Å². The van der Waals surface area contributed by atoms with Crippen molar-refractivity contribution in [2.45, 2.75) is 40.3 Å². The third-order valence-corrected chi connectivity index (χ3v) is 6.39. The van der Waals surface area contributed by atoms with Gasteiger partial charge in [-0.25, -0.2) is 0 Å². The monoisotopic (exact) mass is 278 g/mol. The fraction of sp³-hybridized carbons (Fsp3) is 1.00. The maximum atomic E-state index is 5.92. The van der Waals surface area contributed by atoms with Crippen LogP contribution in [-0.4, -0.2) is 47.4 Å². The number of nitrogens with two attached hydrogens (primary N) is 1. The molecule has 5 nitrogen and oxygen atoms in total. The highest BCUT2D eigenvalue weighted by atomic mass is 28.4. The van der Waals surface area contributed by atoms with Crippen LogP contribution in [0, 0.1) is 5.92 Å². The third kappa shape index (κ3) is 4.95. The normalized spacial score (nSPS) is 15.7. The van der Waals surface area contributed by atoms with E-state index < -0.39 is 8.80 Å². The second kappa shape index (κ2) is 9.88. The van der Waals surface area contributed by atoms with Crippen molar-refractivity contribution in [3.05, 3.63) is 0 Å². The molecule has 0 aromatic rings. The summed E-state index contributed by atoms with van der Waals surface area (Å²) in [5, 5.41) is 3.44. The first kappa shape index (κ1) is 18.0. The molecule has 0 aliphatic heterocycles. The van der Waals surface area contributed by atoms with Gasteiger partial charge in [0.25, 0.3) is 0 Å². The topological polar surface area (TPSA) is 65.7 Å². The van der Waals surface area contributed by atoms with Crippen LogP contribution in [0.3, 0.4) is 0 Å². The Bertz CT molecular complexity index is 191. The Hall–Kier alpha value is 0.0169. The van der Waals surface area contributed by atoms with Crippen LogP contribution in [0.4, 0.5) is 0 Å². The van der Waals surface area contributed by atoms with Crippen LogP contribution in [0.25, 0.3) is 0 Å². The van der Waals surface area contributed by atoms with E-state index in [1.807, 2.05) is 20.8 Å². The molecule has 0 saturated carbocycles. The van der Waals surface area contributed by atoms with Gasteiger partial charge in [0.1, 0.15) is 0 Å². The molecule has 0 heterocycles. The maximum Gasteiger partial charge on any atom is 0.519 e. The lowest BCUT2D eigenvalue weighted by atomic mass is 10.2. The largest absolute Gasteiger partial charge is 0.519 e. The van der Waals surface area contributed by atoms with Crippen LogP contribution in [0.2, 0.25) is 0 Å². The lowest BCUT2D eigenvalue weighted by Gasteiger charge is -2.38. The SMILES string of the molecule is CCNC(C(C)CN)[Si](OCC)(OCC)OCC. The Balaban J connectivity index is 5.13. The summed E-state index contributed by atoms with van der Waals surface area (Å²) in [5.74, 6) is 0.251. The van der Waals surface area contributed by atoms with Crippen LogP contribution in [0.15, 0.2) is 0 Å². The standard InChI is InChI=1S/C12H30N2O3Si/c1-6-14-12(11(5)10-13)18(15-7-2,16-8-3)17-9-4/h11-12,14H,6-10,13H2,1-5H3. The minimum atomic E-state index is -2.72. The van der Waals surface area contributed by atoms with E-state index in [-0.39, 0.29) is 11.6 Å². The van der Waals surface area contributed by atoms with Gasteiger partial charge in [-0.1, -0.05) is 13.8 Å². The predicted molar refractivity (Wildman–Crippen MR) is 76.3 cm³/mol. The van der Waals surface area contributed by atoms with E-state index in [9.17, 15) is 0 Å². The van der Waals surface area contributed by atoms with Gasteiger partial charge in [-0.2, -0.15) is 0 Å². The van der Waals surface area contributed by atoms with Crippen molar-refractivity contribution in [2.24, 2.45) is 11.7 Å². The molecule has 0 saturated heterocycles. The fourth-order valence-corrected chi connectivity index (χ4v) is 5.31. The Morgan fingerprint density at radius 1 is 1.00 bits per heavy atom. The first-order valence-corrected chi connectivity index (χ1v) is 8.77. The quantitative estimate of drug-likeness (QED) is 0.555. The number of rotatable bonds is 11. The van der Waals surface area contributed by atoms with E-state index in [0.29, 0.717) is 26.4 Å². The number of nitrogens with one attached hydrogen (secondary N) is 1. The molecule has 0 aliphatic carbocycles. The lowest BCUT2D eigenvalue weighted by molar-refractivity contribution is 0.0516. The average Bonchev–Trinajstić information content (AvgIpc) is 2.36. The molecule has 0 bridgehead atoms. The third-order valence-electron chi connectivity index (χ3n) is 2.78. The van der Waals surface area contributed by atoms with E-state index in [1.165, 1.54) is 0 Å². The van der Waals surface area contributed by atoms with Gasteiger partial charge in [-0.05, 0) is 39.8 Å². The van der Waals surface area contributed by atoms with Crippen LogP contribution < -0.4 is 11.1 Å². The Morgan fingerprint density at radius 2 is 1.44 bits per heavy atom. The fourth-order valence-electron chi connectivity index (χ4n) is 2.03. The molecule has 110 valence electrons. The number of hydrogen-bond donors (Lipinski definition) is 2. The van der Waals surface area contributed by atoms with Gasteiger partial charge in [0, 0.05) is 19.8 Å². The Morgan fingerprint density at radius 3 is 1.72 bits per heavy atom. The molecule has 0 aromatic heterocycles. The van der Waals surface area contributed by atoms with Gasteiger partial charge < -0.3 is 24.3 Å². The van der Waals surface area contributed by atoms with E-state index in [4.69, 9.17) is 19.0 Å². The van der Waals surface area contributed by atoms with Crippen molar-refractivity contribution in [2.75, 3.05) is 32.9 Å². The molecule has 0 rings (SSSR count). The van der Waals surface area contributed by atoms with Crippen LogP contribution >= 0.6 is 0 Å². The zero-order valence-electron chi connectivity index (χ0n) is 12.5. The molecule has 18 heavy (non-hydrogen) atoms. The van der Waals surface area contributed by atoms with E-state index in [2.05, 4.69) is 19.2 Å². The summed E-state index contributed by atoms with van der Waals surface area (Å²) in [6.07, 6.45) is 0. The summed E-state index contributed by atoms with van der Waals surface area (Å²) in [6.45, 7) is 13.3. The Kier molecular flexibility index (Phi) is 9.89. The van der Waals surface area contributed by atoms with Gasteiger partial charge >= 0.3 is 8.80 Å². The van der Waals surface area contributed by atoms with Crippen LogP contribution in [-0.2, 0) is 13.3 Å². The maximum absolute atomic E-state index is 5.92. The summed E-state index contributed by atoms with van der Waals surface area (Å²) in [7, 11) is -2.72. The van der Waals surface area contributed by atoms with Crippen LogP contribution in [0.5, 0.6) is 0 Å². The molecule has 3 N–H and O–H groups in total. The first-order valence-electron chi connectivity index (χ1n) is 6.96. The van der Waals surface area contributed by atoms with Crippen molar-refractivity contribution in [3.8, 4) is 0 Å². The van der Waals surface area contributed by atoms with Gasteiger partial charge in [-0.15, -0.1) is 0 Å². The molecule has 0 spiro atoms. The smallest absolute Gasteiger partial charge is 0.373 e. The summed E-state index contributed by atoms with van der Waals surface area (Å²) in [5.41, 5.74) is 5.85. The summed E-state index contributed by atoms with van der Waals surface area (Å²) < 4.78 is 17.8. The number of hydrogen-bond acceptors (Lipinski definition) is 5. The van der Waals surface area contributed by atoms with E-state index in [1.54, 1.807) is 0 Å². The van der Waals surface area contributed by atoms with Crippen molar-refractivity contribution < 1.29 is 13.3 Å². The summed E-state index contributed by atoms with van der Waals surface area (Å²) in [6, 6.07) is 0. The van der Waals surface area contributed by atoms with Gasteiger partial charge in [-0.3, -0.25) is 0 Å². The highest BCUT2D eigenvalue weighted by molar-refractivity contribution is 6.62. The molecule has 0 radical (unpaired) electrons. The molecular weight excluding hydrogens is 248 g/mol. The molecule has 6 heteroatoms. The summed E-state index contributed by atoms with van der Waals surface area (Å²) in [4.78, 5) is 0. The van der Waals surface area contributed by atoms with Gasteiger partial charge in [0.05, 0.1) is 5.67 Å². The average molecular weight is 278 g/mol. The molecule has 0 amide bonds. The second-order valence-corrected chi connectivity index (χ2v) is 6.85. The minimum absolute atomic E-state index is 0.0485. The second-order valence-electron chi connectivity index (χ2n) is 4.15.